The molecule has 0 bridgehead atoms. The van der Waals surface area contributed by atoms with Crippen molar-refractivity contribution in [2.75, 3.05) is 13.6 Å². The summed E-state index contributed by atoms with van der Waals surface area (Å²) in [6.07, 6.45) is 5.85. The number of nitrogens with zero attached hydrogens (tertiary/aromatic N) is 2. The topological polar surface area (TPSA) is 65.1 Å². The Morgan fingerprint density at radius 1 is 1.30 bits per heavy atom. The van der Waals surface area contributed by atoms with Gasteiger partial charge in [-0.05, 0) is 25.5 Å². The molecule has 3 N–H and O–H groups in total. The number of aromatic nitrogens is 2. The molecule has 1 aromatic carbocycles. The lowest BCUT2D eigenvalue weighted by Gasteiger charge is -2.17. The Labute approximate surface area is 139 Å². The van der Waals surface area contributed by atoms with Gasteiger partial charge in [0.05, 0.1) is 11.0 Å². The van der Waals surface area contributed by atoms with Crippen LogP contribution in [0.2, 0.25) is 0 Å². The Morgan fingerprint density at radius 3 is 2.87 bits per heavy atom. The summed E-state index contributed by atoms with van der Waals surface area (Å²) < 4.78 is 0. The zero-order valence-corrected chi connectivity index (χ0v) is 14.5. The maximum atomic E-state index is 4.59. The van der Waals surface area contributed by atoms with Gasteiger partial charge in [-0.3, -0.25) is 4.99 Å². The van der Waals surface area contributed by atoms with Crippen LogP contribution in [-0.2, 0) is 6.42 Å². The van der Waals surface area contributed by atoms with E-state index in [2.05, 4.69) is 45.5 Å². The van der Waals surface area contributed by atoms with Crippen LogP contribution < -0.4 is 10.6 Å². The van der Waals surface area contributed by atoms with Crippen molar-refractivity contribution in [2.45, 2.75) is 52.0 Å². The molecule has 5 heteroatoms. The Hall–Kier alpha value is -2.04. The zero-order valence-electron chi connectivity index (χ0n) is 14.5. The number of hydrogen-bond donors (Lipinski definition) is 3. The van der Waals surface area contributed by atoms with Crippen molar-refractivity contribution in [3.63, 3.8) is 0 Å². The second-order valence-electron chi connectivity index (χ2n) is 5.99. The summed E-state index contributed by atoms with van der Waals surface area (Å²) in [5, 5.41) is 6.81. The molecule has 0 saturated carbocycles. The highest BCUT2D eigenvalue weighted by Crippen LogP contribution is 2.10. The first-order valence-electron chi connectivity index (χ1n) is 8.63. The van der Waals surface area contributed by atoms with Crippen molar-refractivity contribution < 1.29 is 0 Å². The first kappa shape index (κ1) is 17.3. The van der Waals surface area contributed by atoms with Gasteiger partial charge in [-0.1, -0.05) is 38.3 Å². The Kier molecular flexibility index (Phi) is 6.91. The largest absolute Gasteiger partial charge is 0.356 e. The lowest BCUT2D eigenvalue weighted by molar-refractivity contribution is 0.546. The molecule has 1 unspecified atom stereocenters. The van der Waals surface area contributed by atoms with Gasteiger partial charge in [-0.15, -0.1) is 0 Å². The van der Waals surface area contributed by atoms with Gasteiger partial charge < -0.3 is 15.6 Å². The number of fused-ring (bicyclic) bond motifs is 1. The number of hydrogen-bond acceptors (Lipinski definition) is 2. The normalized spacial score (nSPS) is 13.3. The molecule has 1 aromatic heterocycles. The van der Waals surface area contributed by atoms with Gasteiger partial charge in [-0.25, -0.2) is 4.98 Å². The number of para-hydroxylation sites is 2. The van der Waals surface area contributed by atoms with Gasteiger partial charge in [0, 0.05) is 26.1 Å². The molecule has 2 aromatic rings. The minimum atomic E-state index is 0.443. The maximum Gasteiger partial charge on any atom is 0.191 e. The van der Waals surface area contributed by atoms with E-state index < -0.39 is 0 Å². The number of rotatable bonds is 8. The highest BCUT2D eigenvalue weighted by atomic mass is 15.2. The summed E-state index contributed by atoms with van der Waals surface area (Å²) >= 11 is 0. The molecule has 0 aliphatic heterocycles. The number of H-pyrrole nitrogens is 1. The third kappa shape index (κ3) is 5.58. The van der Waals surface area contributed by atoms with Crippen molar-refractivity contribution in [2.24, 2.45) is 4.99 Å². The number of imidazole rings is 1. The number of guanidine groups is 1. The molecule has 0 fully saturated rings. The van der Waals surface area contributed by atoms with Crippen LogP contribution >= 0.6 is 0 Å². The van der Waals surface area contributed by atoms with E-state index in [0.29, 0.717) is 6.04 Å². The quantitative estimate of drug-likeness (QED) is 0.398. The number of benzene rings is 1. The fraction of sp³-hybridized carbons (Fsp3) is 0.556. The lowest BCUT2D eigenvalue weighted by atomic mass is 10.1. The standard InChI is InChI=1S/C18H29N5/c1-4-5-6-9-14(2)21-18(19-3)20-13-12-17-22-15-10-7-8-11-16(15)23-17/h7-8,10-11,14H,4-6,9,12-13H2,1-3H3,(H,22,23)(H2,19,20,21). The number of aliphatic imine (C=N–C) groups is 1. The Balaban J connectivity index is 1.75. The molecule has 0 saturated heterocycles. The molecule has 2 rings (SSSR count). The number of aromatic amines is 1. The van der Waals surface area contributed by atoms with Crippen LogP contribution in [0.1, 0.15) is 45.4 Å². The van der Waals surface area contributed by atoms with E-state index in [1.807, 2.05) is 25.2 Å². The summed E-state index contributed by atoms with van der Waals surface area (Å²) in [5.74, 6) is 1.87. The highest BCUT2D eigenvalue weighted by Gasteiger charge is 2.06. The molecular formula is C18H29N5. The predicted molar refractivity (Wildman–Crippen MR) is 97.9 cm³/mol. The Morgan fingerprint density at radius 2 is 2.13 bits per heavy atom. The molecule has 0 spiro atoms. The molecule has 126 valence electrons. The lowest BCUT2D eigenvalue weighted by Crippen LogP contribution is -2.42. The van der Waals surface area contributed by atoms with E-state index in [1.54, 1.807) is 0 Å². The van der Waals surface area contributed by atoms with Gasteiger partial charge in [0.2, 0.25) is 0 Å². The first-order valence-corrected chi connectivity index (χ1v) is 8.63. The zero-order chi connectivity index (χ0) is 16.5. The van der Waals surface area contributed by atoms with Crippen molar-refractivity contribution in [1.29, 1.82) is 0 Å². The smallest absolute Gasteiger partial charge is 0.191 e. The fourth-order valence-electron chi connectivity index (χ4n) is 2.62. The van der Waals surface area contributed by atoms with Gasteiger partial charge in [0.15, 0.2) is 5.96 Å². The van der Waals surface area contributed by atoms with E-state index >= 15 is 0 Å². The molecule has 0 amide bonds. The molecule has 0 aliphatic rings. The van der Waals surface area contributed by atoms with Crippen LogP contribution in [0.15, 0.2) is 29.3 Å². The van der Waals surface area contributed by atoms with Crippen LogP contribution in [0.4, 0.5) is 0 Å². The average Bonchev–Trinajstić information content (AvgIpc) is 2.96. The molecule has 1 atom stereocenters. The van der Waals surface area contributed by atoms with E-state index in [4.69, 9.17) is 0 Å². The summed E-state index contributed by atoms with van der Waals surface area (Å²) in [6, 6.07) is 8.56. The van der Waals surface area contributed by atoms with E-state index in [1.165, 1.54) is 25.7 Å². The molecular weight excluding hydrogens is 286 g/mol. The third-order valence-corrected chi connectivity index (χ3v) is 3.94. The minimum absolute atomic E-state index is 0.443. The van der Waals surface area contributed by atoms with E-state index in [0.717, 1.165) is 35.8 Å². The summed E-state index contributed by atoms with van der Waals surface area (Å²) in [6.45, 7) is 5.25. The van der Waals surface area contributed by atoms with Crippen LogP contribution in [-0.4, -0.2) is 35.6 Å². The summed E-state index contributed by atoms with van der Waals surface area (Å²) in [4.78, 5) is 12.2. The minimum Gasteiger partial charge on any atom is -0.356 e. The molecule has 0 radical (unpaired) electrons. The molecule has 23 heavy (non-hydrogen) atoms. The van der Waals surface area contributed by atoms with Gasteiger partial charge in [0.1, 0.15) is 5.82 Å². The second kappa shape index (κ2) is 9.18. The van der Waals surface area contributed by atoms with Crippen LogP contribution in [0.3, 0.4) is 0 Å². The summed E-state index contributed by atoms with van der Waals surface area (Å²) in [5.41, 5.74) is 2.11. The Bertz CT molecular complexity index is 584. The predicted octanol–water partition coefficient (Wildman–Crippen LogP) is 3.24. The fourth-order valence-corrected chi connectivity index (χ4v) is 2.62. The summed E-state index contributed by atoms with van der Waals surface area (Å²) in [7, 11) is 1.81. The SMILES string of the molecule is CCCCCC(C)NC(=NC)NCCc1nc2ccccc2[nH]1. The highest BCUT2D eigenvalue weighted by molar-refractivity contribution is 5.80. The van der Waals surface area contributed by atoms with E-state index in [9.17, 15) is 0 Å². The van der Waals surface area contributed by atoms with Crippen LogP contribution in [0.25, 0.3) is 11.0 Å². The van der Waals surface area contributed by atoms with Crippen molar-refractivity contribution in [1.82, 2.24) is 20.6 Å². The third-order valence-electron chi connectivity index (χ3n) is 3.94. The first-order chi connectivity index (χ1) is 11.2. The van der Waals surface area contributed by atoms with Gasteiger partial charge in [0.25, 0.3) is 0 Å². The van der Waals surface area contributed by atoms with Gasteiger partial charge in [-0.2, -0.15) is 0 Å². The molecule has 5 nitrogen and oxygen atoms in total. The van der Waals surface area contributed by atoms with Crippen molar-refractivity contribution in [3.8, 4) is 0 Å². The molecule has 1 heterocycles. The van der Waals surface area contributed by atoms with Crippen LogP contribution in [0.5, 0.6) is 0 Å². The van der Waals surface area contributed by atoms with Crippen LogP contribution in [0, 0.1) is 0 Å². The van der Waals surface area contributed by atoms with Gasteiger partial charge >= 0.3 is 0 Å². The van der Waals surface area contributed by atoms with Crippen molar-refractivity contribution in [3.05, 3.63) is 30.1 Å². The number of nitrogens with one attached hydrogen (secondary N) is 3. The monoisotopic (exact) mass is 315 g/mol. The molecule has 0 aliphatic carbocycles. The van der Waals surface area contributed by atoms with E-state index in [-0.39, 0.29) is 0 Å². The number of unbranched alkanes of at least 4 members (excludes halogenated alkanes) is 2. The second-order valence-corrected chi connectivity index (χ2v) is 5.99. The average molecular weight is 315 g/mol. The van der Waals surface area contributed by atoms with Crippen molar-refractivity contribution >= 4 is 17.0 Å². The maximum absolute atomic E-state index is 4.59.